The smallest absolute Gasteiger partial charge is 0.327 e. The molecule has 2 aliphatic heterocycles. The van der Waals surface area contributed by atoms with E-state index in [2.05, 4.69) is 15.5 Å². The summed E-state index contributed by atoms with van der Waals surface area (Å²) in [4.78, 5) is 20.6. The van der Waals surface area contributed by atoms with Gasteiger partial charge in [0.05, 0.1) is 22.2 Å². The molecule has 0 saturated heterocycles. The first-order valence-corrected chi connectivity index (χ1v) is 11.7. The summed E-state index contributed by atoms with van der Waals surface area (Å²) >= 11 is 1.54. The van der Waals surface area contributed by atoms with Crippen molar-refractivity contribution in [2.75, 3.05) is 18.1 Å². The average molecular weight is 473 g/mol. The molecule has 2 aliphatic rings. The number of hydrogen-bond donors (Lipinski definition) is 1. The molecule has 4 heterocycles. The molecule has 34 heavy (non-hydrogen) atoms. The Labute approximate surface area is 199 Å². The Morgan fingerprint density at radius 2 is 1.85 bits per heavy atom. The van der Waals surface area contributed by atoms with Gasteiger partial charge < -0.3 is 19.3 Å². The summed E-state index contributed by atoms with van der Waals surface area (Å²) in [6.07, 6.45) is 0. The fourth-order valence-corrected chi connectivity index (χ4v) is 4.89. The van der Waals surface area contributed by atoms with E-state index in [1.54, 1.807) is 4.90 Å². The van der Waals surface area contributed by atoms with Gasteiger partial charge in [-0.15, -0.1) is 11.3 Å². The lowest BCUT2D eigenvalue weighted by molar-refractivity contribution is 0.171. The number of nitrogens with one attached hydrogen (secondary N) is 1. The number of allylic oxidation sites excluding steroid dienone is 1. The summed E-state index contributed by atoms with van der Waals surface area (Å²) in [5.41, 5.74) is 3.00. The predicted molar refractivity (Wildman–Crippen MR) is 128 cm³/mol. The zero-order valence-corrected chi connectivity index (χ0v) is 19.0. The molecule has 170 valence electrons. The van der Waals surface area contributed by atoms with Crippen molar-refractivity contribution < 1.29 is 18.8 Å². The van der Waals surface area contributed by atoms with Gasteiger partial charge in [-0.2, -0.15) is 4.98 Å². The molecule has 1 N–H and O–H groups in total. The van der Waals surface area contributed by atoms with Gasteiger partial charge in [0.2, 0.25) is 5.82 Å². The Kier molecular flexibility index (Phi) is 5.03. The standard InChI is InChI=1S/C25H20N4O4S/c1-15-21(24-27-23(28-33-24)20-8-5-13-34-20)22(16-6-3-2-4-7-16)26-25(30)29(15)17-9-10-18-19(14-17)32-12-11-31-18/h2-10,13-14,22H,11-12H2,1H3,(H,26,30). The van der Waals surface area contributed by atoms with Crippen LogP contribution in [0.25, 0.3) is 16.3 Å². The third-order valence-electron chi connectivity index (χ3n) is 5.80. The normalized spacial score (nSPS) is 17.6. The van der Waals surface area contributed by atoms with Crippen LogP contribution in [0.4, 0.5) is 10.5 Å². The lowest BCUT2D eigenvalue weighted by Crippen LogP contribution is -2.46. The summed E-state index contributed by atoms with van der Waals surface area (Å²) in [6, 6.07) is 18.4. The third-order valence-corrected chi connectivity index (χ3v) is 6.67. The van der Waals surface area contributed by atoms with E-state index in [9.17, 15) is 4.79 Å². The van der Waals surface area contributed by atoms with Crippen molar-refractivity contribution >= 4 is 28.6 Å². The van der Waals surface area contributed by atoms with Crippen LogP contribution in [0.3, 0.4) is 0 Å². The van der Waals surface area contributed by atoms with Crippen molar-refractivity contribution in [3.8, 4) is 22.2 Å². The first-order chi connectivity index (χ1) is 16.7. The molecule has 0 spiro atoms. The summed E-state index contributed by atoms with van der Waals surface area (Å²) in [6.45, 7) is 2.85. The summed E-state index contributed by atoms with van der Waals surface area (Å²) in [7, 11) is 0. The van der Waals surface area contributed by atoms with Gasteiger partial charge in [-0.1, -0.05) is 41.6 Å². The molecular formula is C25H20N4O4S. The third kappa shape index (κ3) is 3.50. The highest BCUT2D eigenvalue weighted by Crippen LogP contribution is 2.41. The number of fused-ring (bicyclic) bond motifs is 1. The Balaban J connectivity index is 1.48. The number of nitrogens with zero attached hydrogens (tertiary/aromatic N) is 3. The SMILES string of the molecule is CC1=C(c2nc(-c3cccs3)no2)C(c2ccccc2)NC(=O)N1c1ccc2c(c1)OCCO2. The number of urea groups is 1. The van der Waals surface area contributed by atoms with Gasteiger partial charge in [0.25, 0.3) is 5.89 Å². The fourth-order valence-electron chi connectivity index (χ4n) is 4.24. The number of hydrogen-bond acceptors (Lipinski definition) is 7. The highest BCUT2D eigenvalue weighted by atomic mass is 32.1. The van der Waals surface area contributed by atoms with E-state index in [1.807, 2.05) is 73.0 Å². The molecular weight excluding hydrogens is 452 g/mol. The molecule has 0 aliphatic carbocycles. The molecule has 2 amide bonds. The lowest BCUT2D eigenvalue weighted by Gasteiger charge is -2.35. The summed E-state index contributed by atoms with van der Waals surface area (Å²) < 4.78 is 17.1. The average Bonchev–Trinajstić information content (AvgIpc) is 3.57. The van der Waals surface area contributed by atoms with Crippen LogP contribution >= 0.6 is 11.3 Å². The predicted octanol–water partition coefficient (Wildman–Crippen LogP) is 5.27. The number of ether oxygens (including phenoxy) is 2. The van der Waals surface area contributed by atoms with Gasteiger partial charge in [0.1, 0.15) is 13.2 Å². The first-order valence-electron chi connectivity index (χ1n) is 10.8. The van der Waals surface area contributed by atoms with Gasteiger partial charge in [-0.25, -0.2) is 4.79 Å². The Morgan fingerprint density at radius 3 is 2.65 bits per heavy atom. The molecule has 0 fully saturated rings. The largest absolute Gasteiger partial charge is 0.486 e. The maximum atomic E-state index is 13.4. The maximum Gasteiger partial charge on any atom is 0.327 e. The van der Waals surface area contributed by atoms with Crippen LogP contribution in [-0.2, 0) is 0 Å². The van der Waals surface area contributed by atoms with Crippen molar-refractivity contribution in [3.05, 3.63) is 83.2 Å². The second-order valence-corrected chi connectivity index (χ2v) is 8.80. The van der Waals surface area contributed by atoms with Gasteiger partial charge >= 0.3 is 6.03 Å². The van der Waals surface area contributed by atoms with Gasteiger partial charge in [-0.3, -0.25) is 4.90 Å². The molecule has 0 radical (unpaired) electrons. The van der Waals surface area contributed by atoms with Gasteiger partial charge in [0, 0.05) is 11.8 Å². The molecule has 2 aromatic heterocycles. The minimum atomic E-state index is -0.446. The second kappa shape index (κ2) is 8.35. The van der Waals surface area contributed by atoms with Gasteiger partial charge in [-0.05, 0) is 36.1 Å². The van der Waals surface area contributed by atoms with Crippen molar-refractivity contribution in [1.82, 2.24) is 15.5 Å². The van der Waals surface area contributed by atoms with Crippen LogP contribution in [0, 0.1) is 0 Å². The van der Waals surface area contributed by atoms with E-state index in [1.165, 1.54) is 11.3 Å². The number of rotatable bonds is 4. The molecule has 8 nitrogen and oxygen atoms in total. The van der Waals surface area contributed by atoms with E-state index in [4.69, 9.17) is 14.0 Å². The van der Waals surface area contributed by atoms with Crippen molar-refractivity contribution in [2.45, 2.75) is 13.0 Å². The van der Waals surface area contributed by atoms with E-state index >= 15 is 0 Å². The number of anilines is 1. The minimum Gasteiger partial charge on any atom is -0.486 e. The van der Waals surface area contributed by atoms with Crippen molar-refractivity contribution in [1.29, 1.82) is 0 Å². The monoisotopic (exact) mass is 472 g/mol. The Bertz CT molecular complexity index is 1380. The molecule has 6 rings (SSSR count). The molecule has 2 aromatic carbocycles. The number of thiophene rings is 1. The maximum absolute atomic E-state index is 13.4. The van der Waals surface area contributed by atoms with Crippen LogP contribution in [0.5, 0.6) is 11.5 Å². The summed E-state index contributed by atoms with van der Waals surface area (Å²) in [5.74, 6) is 2.14. The number of benzene rings is 2. The zero-order valence-electron chi connectivity index (χ0n) is 18.2. The molecule has 0 bridgehead atoms. The molecule has 1 unspecified atom stereocenters. The number of amides is 2. The van der Waals surface area contributed by atoms with E-state index in [0.29, 0.717) is 47.8 Å². The quantitative estimate of drug-likeness (QED) is 0.435. The fraction of sp³-hybridized carbons (Fsp3) is 0.160. The topological polar surface area (TPSA) is 89.7 Å². The van der Waals surface area contributed by atoms with Crippen LogP contribution in [0.2, 0.25) is 0 Å². The first kappa shape index (κ1) is 20.5. The summed E-state index contributed by atoms with van der Waals surface area (Å²) in [5, 5.41) is 9.27. The molecule has 4 aromatic rings. The van der Waals surface area contributed by atoms with E-state index in [-0.39, 0.29) is 6.03 Å². The Hall–Kier alpha value is -4.11. The number of aromatic nitrogens is 2. The van der Waals surface area contributed by atoms with Crippen LogP contribution in [0.15, 0.2) is 76.3 Å². The van der Waals surface area contributed by atoms with Crippen molar-refractivity contribution in [3.63, 3.8) is 0 Å². The molecule has 0 saturated carbocycles. The van der Waals surface area contributed by atoms with E-state index < -0.39 is 6.04 Å². The molecule has 1 atom stereocenters. The highest BCUT2D eigenvalue weighted by Gasteiger charge is 2.37. The molecule has 9 heteroatoms. The van der Waals surface area contributed by atoms with Crippen LogP contribution in [-0.4, -0.2) is 29.4 Å². The minimum absolute atomic E-state index is 0.259. The van der Waals surface area contributed by atoms with Crippen LogP contribution in [0.1, 0.15) is 24.4 Å². The lowest BCUT2D eigenvalue weighted by atomic mass is 9.94. The Morgan fingerprint density at radius 1 is 1.03 bits per heavy atom. The van der Waals surface area contributed by atoms with Gasteiger partial charge in [0.15, 0.2) is 11.5 Å². The second-order valence-electron chi connectivity index (χ2n) is 7.86. The number of carbonyl (C=O) groups is 1. The zero-order chi connectivity index (χ0) is 23.1. The highest BCUT2D eigenvalue weighted by molar-refractivity contribution is 7.13. The van der Waals surface area contributed by atoms with Crippen LogP contribution < -0.4 is 19.7 Å². The van der Waals surface area contributed by atoms with Crippen molar-refractivity contribution in [2.24, 2.45) is 0 Å². The van der Waals surface area contributed by atoms with E-state index in [0.717, 1.165) is 16.0 Å². The number of carbonyl (C=O) groups excluding carboxylic acids is 1.